The Kier molecular flexibility index (Phi) is 3.88. The van der Waals surface area contributed by atoms with Gasteiger partial charge in [-0.3, -0.25) is 4.79 Å². The van der Waals surface area contributed by atoms with Gasteiger partial charge in [0.15, 0.2) is 0 Å². The van der Waals surface area contributed by atoms with Crippen LogP contribution in [0.5, 0.6) is 0 Å². The smallest absolute Gasteiger partial charge is 0.230 e. The Balaban J connectivity index is 2.67. The molecule has 0 spiro atoms. The zero-order valence-electron chi connectivity index (χ0n) is 9.46. The van der Waals surface area contributed by atoms with Crippen molar-refractivity contribution < 1.29 is 4.79 Å². The molecule has 0 bridgehead atoms. The van der Waals surface area contributed by atoms with E-state index in [9.17, 15) is 4.79 Å². The zero-order chi connectivity index (χ0) is 11.5. The van der Waals surface area contributed by atoms with Crippen molar-refractivity contribution in [3.8, 4) is 0 Å². The van der Waals surface area contributed by atoms with Gasteiger partial charge < -0.3 is 11.1 Å². The summed E-state index contributed by atoms with van der Waals surface area (Å²) in [4.78, 5) is 11.9. The van der Waals surface area contributed by atoms with Crippen molar-refractivity contribution in [2.45, 2.75) is 27.2 Å². The third kappa shape index (κ3) is 3.04. The van der Waals surface area contributed by atoms with Gasteiger partial charge >= 0.3 is 0 Å². The maximum Gasteiger partial charge on any atom is 0.230 e. The molecule has 1 rings (SSSR count). The third-order valence-electron chi connectivity index (χ3n) is 2.47. The molecular formula is C11H18N2OS. The second kappa shape index (κ2) is 4.77. The zero-order valence-corrected chi connectivity index (χ0v) is 10.3. The van der Waals surface area contributed by atoms with Crippen LogP contribution in [0, 0.1) is 12.3 Å². The van der Waals surface area contributed by atoms with E-state index in [0.717, 1.165) is 10.6 Å². The predicted molar refractivity (Wildman–Crippen MR) is 65.1 cm³/mol. The molecule has 0 aromatic carbocycles. The number of rotatable bonds is 4. The molecule has 0 saturated heterocycles. The average molecular weight is 226 g/mol. The minimum Gasteiger partial charge on any atom is -0.330 e. The third-order valence-corrected chi connectivity index (χ3v) is 3.41. The highest BCUT2D eigenvalue weighted by atomic mass is 32.1. The van der Waals surface area contributed by atoms with Gasteiger partial charge in [-0.05, 0) is 36.9 Å². The highest BCUT2D eigenvalue weighted by molar-refractivity contribution is 7.14. The van der Waals surface area contributed by atoms with E-state index in [4.69, 9.17) is 5.73 Å². The lowest BCUT2D eigenvalue weighted by atomic mass is 9.88. The fourth-order valence-corrected chi connectivity index (χ4v) is 2.06. The van der Waals surface area contributed by atoms with Gasteiger partial charge in [0.2, 0.25) is 5.91 Å². The van der Waals surface area contributed by atoms with E-state index in [1.54, 1.807) is 11.3 Å². The van der Waals surface area contributed by atoms with E-state index < -0.39 is 5.41 Å². The molecule has 0 saturated carbocycles. The molecule has 1 aromatic rings. The Morgan fingerprint density at radius 1 is 1.60 bits per heavy atom. The lowest BCUT2D eigenvalue weighted by molar-refractivity contribution is -0.124. The van der Waals surface area contributed by atoms with Gasteiger partial charge in [-0.2, -0.15) is 0 Å². The fourth-order valence-electron chi connectivity index (χ4n) is 1.25. The van der Waals surface area contributed by atoms with Gasteiger partial charge in [-0.15, -0.1) is 11.3 Å². The Morgan fingerprint density at radius 2 is 2.27 bits per heavy atom. The summed E-state index contributed by atoms with van der Waals surface area (Å²) in [6, 6.07) is 2.00. The quantitative estimate of drug-likeness (QED) is 0.828. The monoisotopic (exact) mass is 226 g/mol. The van der Waals surface area contributed by atoms with Crippen molar-refractivity contribution in [2.24, 2.45) is 11.1 Å². The normalized spacial score (nSPS) is 11.5. The first-order valence-electron chi connectivity index (χ1n) is 5.03. The van der Waals surface area contributed by atoms with Crippen LogP contribution in [-0.4, -0.2) is 12.5 Å². The summed E-state index contributed by atoms with van der Waals surface area (Å²) < 4.78 is 0. The van der Waals surface area contributed by atoms with Crippen molar-refractivity contribution in [3.63, 3.8) is 0 Å². The first-order chi connectivity index (χ1) is 6.97. The summed E-state index contributed by atoms with van der Waals surface area (Å²) in [6.45, 7) is 6.35. The number of nitrogens with two attached hydrogens (primary N) is 1. The molecule has 0 aliphatic heterocycles. The number of nitrogens with one attached hydrogen (secondary N) is 1. The predicted octanol–water partition coefficient (Wildman–Crippen LogP) is 2.37. The van der Waals surface area contributed by atoms with E-state index in [2.05, 4.69) is 5.32 Å². The van der Waals surface area contributed by atoms with Crippen LogP contribution in [0.2, 0.25) is 0 Å². The Labute approximate surface area is 94.7 Å². The fraction of sp³-hybridized carbons (Fsp3) is 0.545. The van der Waals surface area contributed by atoms with Crippen LogP contribution >= 0.6 is 11.3 Å². The van der Waals surface area contributed by atoms with Crippen molar-refractivity contribution in [1.29, 1.82) is 0 Å². The van der Waals surface area contributed by atoms with Gasteiger partial charge in [-0.1, -0.05) is 13.8 Å². The molecule has 0 fully saturated rings. The first kappa shape index (κ1) is 12.2. The number of carbonyl (C=O) groups is 1. The molecule has 0 aliphatic carbocycles. The number of hydrogen-bond acceptors (Lipinski definition) is 3. The maximum atomic E-state index is 11.9. The van der Waals surface area contributed by atoms with Crippen molar-refractivity contribution in [3.05, 3.63) is 17.0 Å². The van der Waals surface area contributed by atoms with Crippen LogP contribution in [0.4, 0.5) is 5.00 Å². The van der Waals surface area contributed by atoms with Crippen LogP contribution in [0.1, 0.15) is 25.8 Å². The lowest BCUT2D eigenvalue weighted by Crippen LogP contribution is -2.32. The summed E-state index contributed by atoms with van der Waals surface area (Å²) >= 11 is 1.55. The van der Waals surface area contributed by atoms with Crippen LogP contribution in [0.25, 0.3) is 0 Å². The van der Waals surface area contributed by atoms with Crippen LogP contribution < -0.4 is 11.1 Å². The Hall–Kier alpha value is -0.870. The molecule has 1 aromatic heterocycles. The number of thiophene rings is 1. The molecule has 84 valence electrons. The second-order valence-electron chi connectivity index (χ2n) is 4.31. The minimum absolute atomic E-state index is 0.0403. The number of anilines is 1. The summed E-state index contributed by atoms with van der Waals surface area (Å²) in [5.41, 5.74) is 6.19. The van der Waals surface area contributed by atoms with Crippen LogP contribution in [-0.2, 0) is 4.79 Å². The van der Waals surface area contributed by atoms with Gasteiger partial charge in [0, 0.05) is 5.41 Å². The average Bonchev–Trinajstić information content (AvgIpc) is 2.52. The molecule has 0 radical (unpaired) electrons. The summed E-state index contributed by atoms with van der Waals surface area (Å²) in [5.74, 6) is 0.0403. The summed E-state index contributed by atoms with van der Waals surface area (Å²) in [7, 11) is 0. The first-order valence-corrected chi connectivity index (χ1v) is 5.91. The number of carbonyl (C=O) groups excluding carboxylic acids is 1. The topological polar surface area (TPSA) is 55.1 Å². The summed E-state index contributed by atoms with van der Waals surface area (Å²) in [6.07, 6.45) is 0.698. The summed E-state index contributed by atoms with van der Waals surface area (Å²) in [5, 5.41) is 5.85. The van der Waals surface area contributed by atoms with E-state index in [1.807, 2.05) is 32.2 Å². The van der Waals surface area contributed by atoms with Crippen molar-refractivity contribution in [2.75, 3.05) is 11.9 Å². The largest absolute Gasteiger partial charge is 0.330 e. The highest BCUT2D eigenvalue weighted by Crippen LogP contribution is 2.26. The number of hydrogen-bond donors (Lipinski definition) is 2. The highest BCUT2D eigenvalue weighted by Gasteiger charge is 2.27. The molecule has 0 aliphatic rings. The number of aryl methyl sites for hydroxylation is 1. The second-order valence-corrected chi connectivity index (χ2v) is 5.23. The number of amides is 1. The molecule has 3 N–H and O–H groups in total. The SMILES string of the molecule is Cc1ccsc1NC(=O)C(C)(C)CCN. The van der Waals surface area contributed by atoms with Gasteiger partial charge in [0.25, 0.3) is 0 Å². The van der Waals surface area contributed by atoms with E-state index in [0.29, 0.717) is 13.0 Å². The van der Waals surface area contributed by atoms with Gasteiger partial charge in [0.1, 0.15) is 0 Å². The molecule has 3 nitrogen and oxygen atoms in total. The minimum atomic E-state index is -0.398. The molecule has 1 amide bonds. The van der Waals surface area contributed by atoms with E-state index in [1.165, 1.54) is 0 Å². The molecule has 4 heteroatoms. The van der Waals surface area contributed by atoms with E-state index >= 15 is 0 Å². The van der Waals surface area contributed by atoms with E-state index in [-0.39, 0.29) is 5.91 Å². The molecule has 0 unspecified atom stereocenters. The molecule has 0 atom stereocenters. The van der Waals surface area contributed by atoms with Crippen LogP contribution in [0.15, 0.2) is 11.4 Å². The Bertz CT molecular complexity index is 344. The standard InChI is InChI=1S/C11H18N2OS/c1-8-4-7-15-9(8)13-10(14)11(2,3)5-6-12/h4,7H,5-6,12H2,1-3H3,(H,13,14). The maximum absolute atomic E-state index is 11.9. The molecule has 1 heterocycles. The van der Waals surface area contributed by atoms with Crippen LogP contribution in [0.3, 0.4) is 0 Å². The van der Waals surface area contributed by atoms with Crippen molar-refractivity contribution in [1.82, 2.24) is 0 Å². The van der Waals surface area contributed by atoms with Gasteiger partial charge in [-0.25, -0.2) is 0 Å². The molecular weight excluding hydrogens is 208 g/mol. The van der Waals surface area contributed by atoms with Crippen molar-refractivity contribution >= 4 is 22.2 Å². The Morgan fingerprint density at radius 3 is 2.73 bits per heavy atom. The van der Waals surface area contributed by atoms with Gasteiger partial charge in [0.05, 0.1) is 5.00 Å². The lowest BCUT2D eigenvalue weighted by Gasteiger charge is -2.22. The molecule has 15 heavy (non-hydrogen) atoms.